The quantitative estimate of drug-likeness (QED) is 0.202. The van der Waals surface area contributed by atoms with E-state index in [2.05, 4.69) is 68.6 Å². The van der Waals surface area contributed by atoms with Crippen molar-refractivity contribution in [3.05, 3.63) is 35.8 Å². The molecule has 5 aliphatic rings. The van der Waals surface area contributed by atoms with Crippen LogP contribution in [0.4, 0.5) is 0 Å². The highest BCUT2D eigenvalue weighted by atomic mass is 16.5. The zero-order chi connectivity index (χ0) is 37.6. The SMILES string of the molecule is CC(C)C1=C2[C@H]3CC[C@@H]4[C@@]5(C)CC[C@H](OC(=O)CC(C)(C)C(=O)O)C(C)(C)[C@@H]5CC[C@@]4(C)[C@]3(C)CCC2(Cc2nnc(-c3cncnc3)o2)C[C@@H]1O. The van der Waals surface area contributed by atoms with Crippen molar-refractivity contribution in [1.82, 2.24) is 20.2 Å². The highest BCUT2D eigenvalue weighted by Gasteiger charge is 2.70. The highest BCUT2D eigenvalue weighted by Crippen LogP contribution is 2.77. The lowest BCUT2D eigenvalue weighted by Gasteiger charge is -2.72. The summed E-state index contributed by atoms with van der Waals surface area (Å²) in [6.45, 7) is 19.9. The standard InChI is InChI=1S/C42H60N4O6/c1-24(2)33-27(47)18-42(19-31-45-46-35(52-31)25-21-43-23-44-22-25)17-16-40(8)26(34(33)42)10-11-29-39(7)14-13-30(51-32(48)20-37(3,4)36(49)50)38(5,6)28(39)12-15-41(29,40)9/h21-24,26-30,47H,10-20H2,1-9H3,(H,49,50)/t26-,27+,28+,29-,30+,39+,40-,41-,42?/m1/s1. The lowest BCUT2D eigenvalue weighted by atomic mass is 9.33. The summed E-state index contributed by atoms with van der Waals surface area (Å²) in [5.41, 5.74) is 2.08. The third-order valence-electron chi connectivity index (χ3n) is 15.9. The Morgan fingerprint density at radius 2 is 1.65 bits per heavy atom. The molecule has 2 aromatic heterocycles. The summed E-state index contributed by atoms with van der Waals surface area (Å²) in [5.74, 6) is 1.16. The first kappa shape index (κ1) is 37.2. The number of aromatic nitrogens is 4. The first-order valence-electron chi connectivity index (χ1n) is 19.7. The van der Waals surface area contributed by atoms with Gasteiger partial charge in [-0.1, -0.05) is 54.0 Å². The van der Waals surface area contributed by atoms with Gasteiger partial charge in [0.25, 0.3) is 5.89 Å². The van der Waals surface area contributed by atoms with Gasteiger partial charge in [0, 0.05) is 29.6 Å². The fraction of sp³-hybridized carbons (Fsp3) is 0.762. The van der Waals surface area contributed by atoms with Crippen LogP contribution < -0.4 is 0 Å². The fourth-order valence-electron chi connectivity index (χ4n) is 13.2. The van der Waals surface area contributed by atoms with E-state index < -0.39 is 23.5 Å². The number of carbonyl (C=O) groups excluding carboxylic acids is 1. The van der Waals surface area contributed by atoms with E-state index in [1.165, 1.54) is 17.5 Å². The van der Waals surface area contributed by atoms with Gasteiger partial charge in [0.15, 0.2) is 0 Å². The Labute approximate surface area is 309 Å². The maximum absolute atomic E-state index is 13.1. The number of esters is 1. The smallest absolute Gasteiger partial charge is 0.309 e. The number of hydrogen-bond donors (Lipinski definition) is 2. The van der Waals surface area contributed by atoms with Crippen LogP contribution in [0, 0.1) is 56.2 Å². The first-order valence-corrected chi connectivity index (χ1v) is 19.7. The number of fused-ring (bicyclic) bond motifs is 7. The van der Waals surface area contributed by atoms with Gasteiger partial charge in [-0.25, -0.2) is 9.97 Å². The number of aliphatic carboxylic acids is 1. The van der Waals surface area contributed by atoms with E-state index in [0.29, 0.717) is 47.9 Å². The van der Waals surface area contributed by atoms with Crippen LogP contribution in [-0.4, -0.2) is 54.5 Å². The zero-order valence-electron chi connectivity index (χ0n) is 32.8. The molecule has 2 heterocycles. The van der Waals surface area contributed by atoms with Crippen molar-refractivity contribution in [3.8, 4) is 11.5 Å². The van der Waals surface area contributed by atoms with Gasteiger partial charge in [-0.05, 0) is 117 Å². The molecule has 0 spiro atoms. The molecule has 7 rings (SSSR count). The van der Waals surface area contributed by atoms with Gasteiger partial charge in [-0.15, -0.1) is 10.2 Å². The summed E-state index contributed by atoms with van der Waals surface area (Å²) in [6, 6.07) is 0. The summed E-state index contributed by atoms with van der Waals surface area (Å²) >= 11 is 0. The second-order valence-corrected chi connectivity index (χ2v) is 19.6. The minimum absolute atomic E-state index is 0.0597. The van der Waals surface area contributed by atoms with Crippen molar-refractivity contribution in [2.75, 3.05) is 0 Å². The molecule has 0 saturated heterocycles. The number of aliphatic hydroxyl groups excluding tert-OH is 1. The van der Waals surface area contributed by atoms with Gasteiger partial charge >= 0.3 is 11.9 Å². The largest absolute Gasteiger partial charge is 0.481 e. The van der Waals surface area contributed by atoms with Crippen LogP contribution in [0.2, 0.25) is 0 Å². The monoisotopic (exact) mass is 716 g/mol. The van der Waals surface area contributed by atoms with Crippen molar-refractivity contribution in [2.24, 2.45) is 56.2 Å². The third kappa shape index (κ3) is 5.50. The average Bonchev–Trinajstić information content (AvgIpc) is 3.64. The van der Waals surface area contributed by atoms with E-state index in [-0.39, 0.29) is 45.5 Å². The highest BCUT2D eigenvalue weighted by molar-refractivity contribution is 5.81. The van der Waals surface area contributed by atoms with Crippen molar-refractivity contribution >= 4 is 11.9 Å². The Bertz CT molecular complexity index is 1750. The number of carboxylic acids is 1. The number of ether oxygens (including phenoxy) is 1. The van der Waals surface area contributed by atoms with Crippen LogP contribution in [0.3, 0.4) is 0 Å². The molecule has 1 unspecified atom stereocenters. The van der Waals surface area contributed by atoms with Crippen molar-refractivity contribution in [1.29, 1.82) is 0 Å². The number of hydrogen-bond acceptors (Lipinski definition) is 9. The normalized spacial score (nSPS) is 38.2. The zero-order valence-corrected chi connectivity index (χ0v) is 32.8. The van der Waals surface area contributed by atoms with Gasteiger partial charge < -0.3 is 19.4 Å². The van der Waals surface area contributed by atoms with E-state index in [0.717, 1.165) is 51.4 Å². The lowest BCUT2D eigenvalue weighted by Crippen LogP contribution is -2.65. The molecule has 0 radical (unpaired) electrons. The van der Waals surface area contributed by atoms with Crippen molar-refractivity contribution in [3.63, 3.8) is 0 Å². The van der Waals surface area contributed by atoms with Gasteiger partial charge in [-0.2, -0.15) is 0 Å². The topological polar surface area (TPSA) is 149 Å². The maximum atomic E-state index is 13.1. The molecule has 2 N–H and O–H groups in total. The molecule has 0 aliphatic heterocycles. The predicted octanol–water partition coefficient (Wildman–Crippen LogP) is 8.25. The molecule has 9 atom stereocenters. The molecule has 2 aromatic rings. The lowest BCUT2D eigenvalue weighted by molar-refractivity contribution is -0.233. The van der Waals surface area contributed by atoms with E-state index in [1.807, 2.05) is 0 Å². The number of nitrogens with zero attached hydrogens (tertiary/aromatic N) is 4. The Kier molecular flexibility index (Phi) is 8.91. The minimum atomic E-state index is -1.16. The molecule has 5 aliphatic carbocycles. The molecular formula is C42H60N4O6. The first-order chi connectivity index (χ1) is 24.3. The Morgan fingerprint density at radius 3 is 2.33 bits per heavy atom. The Hall–Kier alpha value is -3.14. The summed E-state index contributed by atoms with van der Waals surface area (Å²) in [7, 11) is 0. The van der Waals surface area contributed by atoms with Crippen LogP contribution in [0.1, 0.15) is 132 Å². The third-order valence-corrected chi connectivity index (χ3v) is 15.9. The van der Waals surface area contributed by atoms with Crippen LogP contribution in [0.5, 0.6) is 0 Å². The molecule has 0 aromatic carbocycles. The number of carbonyl (C=O) groups is 2. The molecule has 4 saturated carbocycles. The van der Waals surface area contributed by atoms with Crippen molar-refractivity contribution < 1.29 is 29.0 Å². The summed E-state index contributed by atoms with van der Waals surface area (Å²) in [4.78, 5) is 33.1. The molecule has 0 bridgehead atoms. The van der Waals surface area contributed by atoms with Gasteiger partial charge in [0.2, 0.25) is 5.89 Å². The van der Waals surface area contributed by atoms with E-state index in [4.69, 9.17) is 9.15 Å². The molecule has 284 valence electrons. The predicted molar refractivity (Wildman–Crippen MR) is 195 cm³/mol. The van der Waals surface area contributed by atoms with Gasteiger partial charge in [0.05, 0.1) is 23.5 Å². The number of aliphatic hydroxyl groups is 1. The minimum Gasteiger partial charge on any atom is -0.481 e. The molecular weight excluding hydrogens is 656 g/mol. The summed E-state index contributed by atoms with van der Waals surface area (Å²) in [5, 5.41) is 30.3. The van der Waals surface area contributed by atoms with Crippen LogP contribution in [0.25, 0.3) is 11.5 Å². The second kappa shape index (κ2) is 12.5. The number of allylic oxidation sites excluding steroid dienone is 1. The molecule has 10 nitrogen and oxygen atoms in total. The fourth-order valence-corrected chi connectivity index (χ4v) is 13.2. The number of rotatable bonds is 8. The van der Waals surface area contributed by atoms with Crippen LogP contribution >= 0.6 is 0 Å². The number of carboxylic acid groups (broad SMARTS) is 1. The molecule has 10 heteroatoms. The van der Waals surface area contributed by atoms with Crippen LogP contribution in [0.15, 0.2) is 34.3 Å². The van der Waals surface area contributed by atoms with E-state index in [9.17, 15) is 19.8 Å². The van der Waals surface area contributed by atoms with E-state index in [1.54, 1.807) is 26.2 Å². The average molecular weight is 717 g/mol. The van der Waals surface area contributed by atoms with Crippen molar-refractivity contribution in [2.45, 2.75) is 145 Å². The van der Waals surface area contributed by atoms with E-state index >= 15 is 0 Å². The molecule has 52 heavy (non-hydrogen) atoms. The summed E-state index contributed by atoms with van der Waals surface area (Å²) < 4.78 is 12.4. The maximum Gasteiger partial charge on any atom is 0.309 e. The van der Waals surface area contributed by atoms with Crippen LogP contribution in [-0.2, 0) is 20.7 Å². The molecule has 0 amide bonds. The molecule has 4 fully saturated rings. The van der Waals surface area contributed by atoms with Gasteiger partial charge in [0.1, 0.15) is 12.4 Å². The Balaban J connectivity index is 1.17. The van der Waals surface area contributed by atoms with Gasteiger partial charge in [-0.3, -0.25) is 9.59 Å². The second-order valence-electron chi connectivity index (χ2n) is 19.6. The Morgan fingerprint density at radius 1 is 0.942 bits per heavy atom. The summed E-state index contributed by atoms with van der Waals surface area (Å²) in [6.07, 6.45) is 13.6.